The molecule has 1 heterocycles. The summed E-state index contributed by atoms with van der Waals surface area (Å²) in [6.07, 6.45) is 4.64. The summed E-state index contributed by atoms with van der Waals surface area (Å²) in [4.78, 5) is 2.76. The fourth-order valence-corrected chi connectivity index (χ4v) is 4.63. The van der Waals surface area contributed by atoms with Crippen LogP contribution in [-0.4, -0.2) is 36.6 Å². The summed E-state index contributed by atoms with van der Waals surface area (Å²) in [5, 5.41) is 3.34. The molecule has 0 aromatic heterocycles. The van der Waals surface area contributed by atoms with Crippen molar-refractivity contribution in [3.05, 3.63) is 29.8 Å². The van der Waals surface area contributed by atoms with E-state index in [2.05, 4.69) is 10.2 Å². The van der Waals surface area contributed by atoms with Gasteiger partial charge >= 0.3 is 5.51 Å². The summed E-state index contributed by atoms with van der Waals surface area (Å²) < 4.78 is 38.8. The lowest BCUT2D eigenvalue weighted by atomic mass is 9.89. The van der Waals surface area contributed by atoms with Gasteiger partial charge in [0.05, 0.1) is 0 Å². The minimum Gasteiger partial charge on any atom is -0.314 e. The summed E-state index contributed by atoms with van der Waals surface area (Å²) >= 11 is 0.0362. The minimum atomic E-state index is -4.24. The maximum Gasteiger partial charge on any atom is 0.446 e. The zero-order valence-electron chi connectivity index (χ0n) is 13.5. The van der Waals surface area contributed by atoms with Gasteiger partial charge < -0.3 is 5.32 Å². The highest BCUT2D eigenvalue weighted by molar-refractivity contribution is 8.00. The number of alkyl halides is 3. The molecule has 1 aliphatic carbocycles. The van der Waals surface area contributed by atoms with Crippen molar-refractivity contribution >= 4 is 24.2 Å². The Balaban J connectivity index is 0.00000208. The SMILES string of the molecule is Cl.FC(F)(F)Sc1ccccc1[C@H](C1CCCC1)N1CCNCC1. The van der Waals surface area contributed by atoms with Crippen LogP contribution in [0.2, 0.25) is 0 Å². The van der Waals surface area contributed by atoms with Gasteiger partial charge in [0, 0.05) is 37.1 Å². The lowest BCUT2D eigenvalue weighted by Gasteiger charge is -2.39. The van der Waals surface area contributed by atoms with Crippen molar-refractivity contribution in [1.82, 2.24) is 10.2 Å². The molecule has 2 aliphatic rings. The molecule has 1 aliphatic heterocycles. The van der Waals surface area contributed by atoms with Gasteiger partial charge in [-0.05, 0) is 42.2 Å². The molecule has 1 saturated heterocycles. The van der Waals surface area contributed by atoms with Crippen molar-refractivity contribution in [2.24, 2.45) is 5.92 Å². The van der Waals surface area contributed by atoms with Gasteiger partial charge in [-0.3, -0.25) is 4.90 Å². The number of hydrogen-bond acceptors (Lipinski definition) is 3. The van der Waals surface area contributed by atoms with Crippen LogP contribution in [0.5, 0.6) is 0 Å². The van der Waals surface area contributed by atoms with Crippen LogP contribution in [0.3, 0.4) is 0 Å². The molecule has 3 rings (SSSR count). The Bertz CT molecular complexity index is 515. The molecule has 136 valence electrons. The van der Waals surface area contributed by atoms with E-state index >= 15 is 0 Å². The first-order valence-electron chi connectivity index (χ1n) is 8.34. The van der Waals surface area contributed by atoms with Gasteiger partial charge in [0.25, 0.3) is 0 Å². The van der Waals surface area contributed by atoms with Crippen LogP contribution in [0.4, 0.5) is 13.2 Å². The predicted octanol–water partition coefficient (Wildman–Crippen LogP) is 4.86. The van der Waals surface area contributed by atoms with E-state index in [1.165, 1.54) is 12.8 Å². The third-order valence-electron chi connectivity index (χ3n) is 4.85. The summed E-state index contributed by atoms with van der Waals surface area (Å²) in [5.41, 5.74) is -3.37. The van der Waals surface area contributed by atoms with E-state index in [9.17, 15) is 13.2 Å². The van der Waals surface area contributed by atoms with Gasteiger partial charge in [0.1, 0.15) is 0 Å². The molecular formula is C17H24ClF3N2S. The maximum absolute atomic E-state index is 12.9. The van der Waals surface area contributed by atoms with Crippen LogP contribution < -0.4 is 5.32 Å². The van der Waals surface area contributed by atoms with Crippen LogP contribution >= 0.6 is 24.2 Å². The first-order valence-corrected chi connectivity index (χ1v) is 9.16. The molecule has 0 unspecified atom stereocenters. The molecule has 0 radical (unpaired) electrons. The number of benzene rings is 1. The van der Waals surface area contributed by atoms with Crippen molar-refractivity contribution in [1.29, 1.82) is 0 Å². The second-order valence-electron chi connectivity index (χ2n) is 6.36. The smallest absolute Gasteiger partial charge is 0.314 e. The molecule has 1 N–H and O–H groups in total. The maximum atomic E-state index is 12.9. The first kappa shape index (κ1) is 19.9. The Morgan fingerprint density at radius 3 is 2.33 bits per heavy atom. The molecule has 0 spiro atoms. The van der Waals surface area contributed by atoms with Crippen LogP contribution in [0.1, 0.15) is 37.3 Å². The van der Waals surface area contributed by atoms with E-state index in [1.807, 2.05) is 12.1 Å². The monoisotopic (exact) mass is 380 g/mol. The van der Waals surface area contributed by atoms with E-state index in [4.69, 9.17) is 0 Å². The van der Waals surface area contributed by atoms with Gasteiger partial charge in [-0.2, -0.15) is 13.2 Å². The Morgan fingerprint density at radius 2 is 1.71 bits per heavy atom. The minimum absolute atomic E-state index is 0. The van der Waals surface area contributed by atoms with Crippen molar-refractivity contribution in [3.63, 3.8) is 0 Å². The molecule has 1 aromatic rings. The summed E-state index contributed by atoms with van der Waals surface area (Å²) in [6.45, 7) is 3.65. The number of thioether (sulfide) groups is 1. The third kappa shape index (κ3) is 5.04. The molecule has 7 heteroatoms. The van der Waals surface area contributed by atoms with E-state index in [0.717, 1.165) is 44.6 Å². The van der Waals surface area contributed by atoms with E-state index in [0.29, 0.717) is 10.8 Å². The summed E-state index contributed by atoms with van der Waals surface area (Å²) in [7, 11) is 0. The Morgan fingerprint density at radius 1 is 1.08 bits per heavy atom. The van der Waals surface area contributed by atoms with Crippen LogP contribution in [-0.2, 0) is 0 Å². The van der Waals surface area contributed by atoms with Gasteiger partial charge in [-0.1, -0.05) is 31.0 Å². The van der Waals surface area contributed by atoms with E-state index < -0.39 is 5.51 Å². The van der Waals surface area contributed by atoms with Gasteiger partial charge in [0.15, 0.2) is 0 Å². The molecule has 1 aromatic carbocycles. The topological polar surface area (TPSA) is 15.3 Å². The predicted molar refractivity (Wildman–Crippen MR) is 94.7 cm³/mol. The molecule has 1 saturated carbocycles. The standard InChI is InChI=1S/C17H23F3N2S.ClH/c18-17(19,20)23-15-8-4-3-7-14(15)16(13-5-1-2-6-13)22-11-9-21-10-12-22;/h3-4,7-8,13,16,21H,1-2,5-6,9-12H2;1H/t16-;/m0./s1. The summed E-state index contributed by atoms with van der Waals surface area (Å²) in [6, 6.07) is 7.23. The molecule has 1 atom stereocenters. The number of rotatable bonds is 4. The average Bonchev–Trinajstić information content (AvgIpc) is 3.03. The number of halogens is 4. The number of hydrogen-bond donors (Lipinski definition) is 1. The summed E-state index contributed by atoms with van der Waals surface area (Å²) in [5.74, 6) is 0.475. The zero-order chi connectivity index (χ0) is 16.3. The average molecular weight is 381 g/mol. The molecular weight excluding hydrogens is 357 g/mol. The van der Waals surface area contributed by atoms with E-state index in [-0.39, 0.29) is 30.2 Å². The Kier molecular flexibility index (Phi) is 7.28. The van der Waals surface area contributed by atoms with Gasteiger partial charge in [-0.15, -0.1) is 12.4 Å². The van der Waals surface area contributed by atoms with Crippen molar-refractivity contribution in [2.75, 3.05) is 26.2 Å². The second kappa shape index (κ2) is 8.79. The van der Waals surface area contributed by atoms with Crippen molar-refractivity contribution in [2.45, 2.75) is 42.1 Å². The highest BCUT2D eigenvalue weighted by Gasteiger charge is 2.36. The lowest BCUT2D eigenvalue weighted by molar-refractivity contribution is -0.0329. The van der Waals surface area contributed by atoms with Gasteiger partial charge in [-0.25, -0.2) is 0 Å². The zero-order valence-corrected chi connectivity index (χ0v) is 15.2. The fourth-order valence-electron chi connectivity index (χ4n) is 3.92. The van der Waals surface area contributed by atoms with E-state index in [1.54, 1.807) is 12.1 Å². The van der Waals surface area contributed by atoms with Crippen LogP contribution in [0, 0.1) is 5.92 Å². The largest absolute Gasteiger partial charge is 0.446 e. The fraction of sp³-hybridized carbons (Fsp3) is 0.647. The molecule has 2 fully saturated rings. The highest BCUT2D eigenvalue weighted by atomic mass is 35.5. The van der Waals surface area contributed by atoms with Crippen molar-refractivity contribution < 1.29 is 13.2 Å². The number of nitrogens with zero attached hydrogens (tertiary/aromatic N) is 1. The quantitative estimate of drug-likeness (QED) is 0.751. The van der Waals surface area contributed by atoms with Crippen molar-refractivity contribution in [3.8, 4) is 0 Å². The first-order chi connectivity index (χ1) is 11.0. The highest BCUT2D eigenvalue weighted by Crippen LogP contribution is 2.46. The normalized spacial score (nSPS) is 21.5. The second-order valence-corrected chi connectivity index (χ2v) is 7.47. The number of piperazine rings is 1. The molecule has 0 amide bonds. The lowest BCUT2D eigenvalue weighted by Crippen LogP contribution is -2.46. The van der Waals surface area contributed by atoms with Gasteiger partial charge in [0.2, 0.25) is 0 Å². The third-order valence-corrected chi connectivity index (χ3v) is 5.68. The van der Waals surface area contributed by atoms with Crippen LogP contribution in [0.25, 0.3) is 0 Å². The van der Waals surface area contributed by atoms with Crippen LogP contribution in [0.15, 0.2) is 29.2 Å². The number of nitrogens with one attached hydrogen (secondary N) is 1. The molecule has 2 nitrogen and oxygen atoms in total. The molecule has 0 bridgehead atoms. The Hall–Kier alpha value is -0.430. The molecule has 24 heavy (non-hydrogen) atoms. The Labute approximate surface area is 152 Å².